The van der Waals surface area contributed by atoms with Gasteiger partial charge in [-0.2, -0.15) is 0 Å². The summed E-state index contributed by atoms with van der Waals surface area (Å²) >= 11 is 0. The zero-order chi connectivity index (χ0) is 12.3. The minimum Gasteiger partial charge on any atom is -0.381 e. The summed E-state index contributed by atoms with van der Waals surface area (Å²) in [5.74, 6) is 0. The normalized spacial score (nSPS) is 22.6. The molecule has 0 bridgehead atoms. The van der Waals surface area contributed by atoms with E-state index in [0.29, 0.717) is 0 Å². The summed E-state index contributed by atoms with van der Waals surface area (Å²) in [5, 5.41) is 3.61. The third-order valence-corrected chi connectivity index (χ3v) is 3.55. The molecule has 0 aromatic heterocycles. The SMILES string of the molecule is CCCCOCCCN1CCNC(CC)CC1. The Hall–Kier alpha value is -0.120. The van der Waals surface area contributed by atoms with Crippen molar-refractivity contribution in [1.29, 1.82) is 0 Å². The van der Waals surface area contributed by atoms with E-state index in [1.165, 1.54) is 51.7 Å². The summed E-state index contributed by atoms with van der Waals surface area (Å²) in [6, 6.07) is 0.737. The van der Waals surface area contributed by atoms with E-state index >= 15 is 0 Å². The molecule has 0 radical (unpaired) electrons. The molecule has 0 aromatic rings. The number of nitrogens with zero attached hydrogens (tertiary/aromatic N) is 1. The second kappa shape index (κ2) is 9.86. The van der Waals surface area contributed by atoms with E-state index in [0.717, 1.165) is 25.8 Å². The van der Waals surface area contributed by atoms with E-state index in [1.807, 2.05) is 0 Å². The topological polar surface area (TPSA) is 24.5 Å². The molecule has 1 unspecified atom stereocenters. The summed E-state index contributed by atoms with van der Waals surface area (Å²) in [4.78, 5) is 2.58. The highest BCUT2D eigenvalue weighted by Gasteiger charge is 2.13. The van der Waals surface area contributed by atoms with E-state index in [2.05, 4.69) is 24.1 Å². The first-order valence-corrected chi connectivity index (χ1v) is 7.40. The Morgan fingerprint density at radius 3 is 2.76 bits per heavy atom. The molecule has 1 atom stereocenters. The molecule has 0 aliphatic carbocycles. The lowest BCUT2D eigenvalue weighted by atomic mass is 10.1. The number of hydrogen-bond acceptors (Lipinski definition) is 3. The number of ether oxygens (including phenoxy) is 1. The summed E-state index contributed by atoms with van der Waals surface area (Å²) in [6.07, 6.45) is 6.17. The molecule has 0 saturated carbocycles. The highest BCUT2D eigenvalue weighted by atomic mass is 16.5. The van der Waals surface area contributed by atoms with Gasteiger partial charge in [-0.1, -0.05) is 20.3 Å². The zero-order valence-electron chi connectivity index (χ0n) is 11.7. The van der Waals surface area contributed by atoms with Crippen LogP contribution in [0.25, 0.3) is 0 Å². The summed E-state index contributed by atoms with van der Waals surface area (Å²) < 4.78 is 5.60. The van der Waals surface area contributed by atoms with Gasteiger partial charge in [0, 0.05) is 38.9 Å². The van der Waals surface area contributed by atoms with Crippen molar-refractivity contribution < 1.29 is 4.74 Å². The van der Waals surface area contributed by atoms with Crippen LogP contribution in [0.3, 0.4) is 0 Å². The Labute approximate surface area is 107 Å². The van der Waals surface area contributed by atoms with Gasteiger partial charge in [-0.05, 0) is 32.2 Å². The van der Waals surface area contributed by atoms with Gasteiger partial charge in [-0.15, -0.1) is 0 Å². The van der Waals surface area contributed by atoms with Crippen LogP contribution in [0.15, 0.2) is 0 Å². The standard InChI is InChI=1S/C14H30N2O/c1-3-5-12-17-13-6-9-16-10-7-14(4-2)15-8-11-16/h14-15H,3-13H2,1-2H3. The van der Waals surface area contributed by atoms with Crippen LogP contribution in [0.5, 0.6) is 0 Å². The maximum Gasteiger partial charge on any atom is 0.0478 e. The quantitative estimate of drug-likeness (QED) is 0.661. The molecule has 1 heterocycles. The molecule has 1 rings (SSSR count). The van der Waals surface area contributed by atoms with Gasteiger partial charge >= 0.3 is 0 Å². The van der Waals surface area contributed by atoms with Gasteiger partial charge in [-0.25, -0.2) is 0 Å². The summed E-state index contributed by atoms with van der Waals surface area (Å²) in [7, 11) is 0. The Balaban J connectivity index is 1.99. The lowest BCUT2D eigenvalue weighted by Crippen LogP contribution is -2.30. The van der Waals surface area contributed by atoms with Crippen molar-refractivity contribution in [3.63, 3.8) is 0 Å². The Morgan fingerprint density at radius 2 is 2.00 bits per heavy atom. The van der Waals surface area contributed by atoms with Crippen molar-refractivity contribution in [1.82, 2.24) is 10.2 Å². The lowest BCUT2D eigenvalue weighted by Gasteiger charge is -2.19. The van der Waals surface area contributed by atoms with Gasteiger partial charge in [0.25, 0.3) is 0 Å². The molecular weight excluding hydrogens is 212 g/mol. The van der Waals surface area contributed by atoms with E-state index in [4.69, 9.17) is 4.74 Å². The largest absolute Gasteiger partial charge is 0.381 e. The molecule has 0 spiro atoms. The smallest absolute Gasteiger partial charge is 0.0478 e. The first-order valence-electron chi connectivity index (χ1n) is 7.40. The lowest BCUT2D eigenvalue weighted by molar-refractivity contribution is 0.119. The van der Waals surface area contributed by atoms with Crippen molar-refractivity contribution in [3.8, 4) is 0 Å². The van der Waals surface area contributed by atoms with Crippen LogP contribution in [0.2, 0.25) is 0 Å². The fourth-order valence-electron chi connectivity index (χ4n) is 2.29. The van der Waals surface area contributed by atoms with E-state index in [9.17, 15) is 0 Å². The molecule has 1 N–H and O–H groups in total. The third-order valence-electron chi connectivity index (χ3n) is 3.55. The molecule has 1 aliphatic heterocycles. The summed E-state index contributed by atoms with van der Waals surface area (Å²) in [6.45, 7) is 11.1. The van der Waals surface area contributed by atoms with Gasteiger partial charge in [0.05, 0.1) is 0 Å². The van der Waals surface area contributed by atoms with E-state index in [-0.39, 0.29) is 0 Å². The van der Waals surface area contributed by atoms with Crippen LogP contribution in [0.4, 0.5) is 0 Å². The maximum atomic E-state index is 5.60. The van der Waals surface area contributed by atoms with Crippen LogP contribution in [0, 0.1) is 0 Å². The molecule has 1 saturated heterocycles. The first-order chi connectivity index (χ1) is 8.36. The average molecular weight is 242 g/mol. The third kappa shape index (κ3) is 7.02. The maximum absolute atomic E-state index is 5.60. The van der Waals surface area contributed by atoms with E-state index in [1.54, 1.807) is 0 Å². The van der Waals surface area contributed by atoms with Gasteiger partial charge in [0.1, 0.15) is 0 Å². The molecule has 1 fully saturated rings. The van der Waals surface area contributed by atoms with Crippen LogP contribution in [-0.4, -0.2) is 50.3 Å². The van der Waals surface area contributed by atoms with Crippen LogP contribution < -0.4 is 5.32 Å². The number of unbranched alkanes of at least 4 members (excludes halogenated alkanes) is 1. The number of hydrogen-bond donors (Lipinski definition) is 1. The predicted octanol–water partition coefficient (Wildman–Crippen LogP) is 2.27. The predicted molar refractivity (Wildman–Crippen MR) is 73.5 cm³/mol. The fourth-order valence-corrected chi connectivity index (χ4v) is 2.29. The van der Waals surface area contributed by atoms with Crippen LogP contribution in [0.1, 0.15) is 46.0 Å². The second-order valence-corrected chi connectivity index (χ2v) is 5.01. The molecule has 1 aliphatic rings. The Morgan fingerprint density at radius 1 is 1.18 bits per heavy atom. The van der Waals surface area contributed by atoms with Gasteiger partial charge in [0.2, 0.25) is 0 Å². The molecule has 102 valence electrons. The highest BCUT2D eigenvalue weighted by molar-refractivity contribution is 4.73. The highest BCUT2D eigenvalue weighted by Crippen LogP contribution is 2.05. The molecule has 0 aromatic carbocycles. The molecule has 0 amide bonds. The second-order valence-electron chi connectivity index (χ2n) is 5.01. The van der Waals surface area contributed by atoms with E-state index < -0.39 is 0 Å². The number of nitrogens with one attached hydrogen (secondary N) is 1. The van der Waals surface area contributed by atoms with Crippen molar-refractivity contribution in [2.75, 3.05) is 39.4 Å². The minimum atomic E-state index is 0.737. The van der Waals surface area contributed by atoms with Crippen LogP contribution in [-0.2, 0) is 4.74 Å². The van der Waals surface area contributed by atoms with Gasteiger partial charge < -0.3 is 15.0 Å². The van der Waals surface area contributed by atoms with Crippen molar-refractivity contribution in [2.24, 2.45) is 0 Å². The van der Waals surface area contributed by atoms with Crippen molar-refractivity contribution >= 4 is 0 Å². The zero-order valence-corrected chi connectivity index (χ0v) is 11.7. The molecule has 3 heteroatoms. The van der Waals surface area contributed by atoms with Gasteiger partial charge in [0.15, 0.2) is 0 Å². The Bertz CT molecular complexity index is 176. The molecular formula is C14H30N2O. The van der Waals surface area contributed by atoms with Crippen molar-refractivity contribution in [2.45, 2.75) is 52.0 Å². The molecule has 3 nitrogen and oxygen atoms in total. The minimum absolute atomic E-state index is 0.737. The number of rotatable bonds is 8. The van der Waals surface area contributed by atoms with Crippen LogP contribution >= 0.6 is 0 Å². The first kappa shape index (κ1) is 14.9. The summed E-state index contributed by atoms with van der Waals surface area (Å²) in [5.41, 5.74) is 0. The molecule has 17 heavy (non-hydrogen) atoms. The monoisotopic (exact) mass is 242 g/mol. The van der Waals surface area contributed by atoms with Gasteiger partial charge in [-0.3, -0.25) is 0 Å². The Kier molecular flexibility index (Phi) is 8.67. The van der Waals surface area contributed by atoms with Crippen molar-refractivity contribution in [3.05, 3.63) is 0 Å². The fraction of sp³-hybridized carbons (Fsp3) is 1.00. The average Bonchev–Trinajstić information content (AvgIpc) is 2.59.